The van der Waals surface area contributed by atoms with Gasteiger partial charge in [0.25, 0.3) is 11.1 Å². The first-order valence-electron chi connectivity index (χ1n) is 6.91. The average Bonchev–Trinajstić information content (AvgIpc) is 3.12. The van der Waals surface area contributed by atoms with E-state index in [2.05, 4.69) is 4.98 Å². The Balaban J connectivity index is 2.21. The van der Waals surface area contributed by atoms with E-state index in [1.807, 2.05) is 24.3 Å². The average molecular weight is 287 g/mol. The molecule has 0 radical (unpaired) electrons. The van der Waals surface area contributed by atoms with Crippen molar-refractivity contribution in [1.29, 1.82) is 0 Å². The second-order valence-corrected chi connectivity index (χ2v) is 5.33. The first-order chi connectivity index (χ1) is 10.8. The van der Waals surface area contributed by atoms with Crippen LogP contribution in [0.15, 0.2) is 64.4 Å². The molecule has 0 aliphatic carbocycles. The normalized spacial score (nSPS) is 12.0. The molecule has 0 bridgehead atoms. The lowest BCUT2D eigenvalue weighted by Gasteiger charge is -1.99. The van der Waals surface area contributed by atoms with Gasteiger partial charge in [-0.25, -0.2) is 0 Å². The summed E-state index contributed by atoms with van der Waals surface area (Å²) in [6, 6.07) is 12.8. The minimum absolute atomic E-state index is 0.188. The Hall–Kier alpha value is -3.21. The maximum absolute atomic E-state index is 12.9. The quantitative estimate of drug-likeness (QED) is 0.438. The van der Waals surface area contributed by atoms with Crippen molar-refractivity contribution in [2.24, 2.45) is 0 Å². The van der Waals surface area contributed by atoms with E-state index in [0.717, 1.165) is 16.3 Å². The van der Waals surface area contributed by atoms with Gasteiger partial charge in [0.1, 0.15) is 11.0 Å². The molecule has 0 aliphatic heterocycles. The van der Waals surface area contributed by atoms with Crippen molar-refractivity contribution in [3.8, 4) is 0 Å². The standard InChI is InChI=1S/C17H9N3O2/c21-16-14-8-11-5-6-18-9-15(11)20(14)17(22)13-7-10-3-1-2-4-12(10)19(13)16/h1-9H. The van der Waals surface area contributed by atoms with Gasteiger partial charge in [-0.3, -0.25) is 23.4 Å². The number of fused-ring (bicyclic) bond motifs is 6. The summed E-state index contributed by atoms with van der Waals surface area (Å²) in [7, 11) is 0. The van der Waals surface area contributed by atoms with Crippen LogP contribution in [0.25, 0.3) is 32.8 Å². The van der Waals surface area contributed by atoms with E-state index < -0.39 is 0 Å². The molecule has 0 amide bonds. The van der Waals surface area contributed by atoms with E-state index in [-0.39, 0.29) is 11.1 Å². The van der Waals surface area contributed by atoms with Crippen LogP contribution < -0.4 is 11.1 Å². The summed E-state index contributed by atoms with van der Waals surface area (Å²) in [5, 5.41) is 1.72. The van der Waals surface area contributed by atoms with Crippen LogP contribution >= 0.6 is 0 Å². The Kier molecular flexibility index (Phi) is 1.93. The van der Waals surface area contributed by atoms with Crippen LogP contribution in [0.3, 0.4) is 0 Å². The molecule has 5 rings (SSSR count). The maximum Gasteiger partial charge on any atom is 0.280 e. The lowest BCUT2D eigenvalue weighted by atomic mass is 10.2. The molecule has 0 aliphatic rings. The zero-order valence-electron chi connectivity index (χ0n) is 11.4. The number of pyridine rings is 1. The zero-order chi connectivity index (χ0) is 14.8. The summed E-state index contributed by atoms with van der Waals surface area (Å²) in [4.78, 5) is 29.8. The molecule has 104 valence electrons. The summed E-state index contributed by atoms with van der Waals surface area (Å²) in [6.07, 6.45) is 3.27. The van der Waals surface area contributed by atoms with Crippen molar-refractivity contribution in [1.82, 2.24) is 13.8 Å². The van der Waals surface area contributed by atoms with Crippen LogP contribution in [0.4, 0.5) is 0 Å². The number of hydrogen-bond acceptors (Lipinski definition) is 3. The molecule has 5 aromatic rings. The fourth-order valence-corrected chi connectivity index (χ4v) is 3.18. The van der Waals surface area contributed by atoms with Crippen LogP contribution in [0.5, 0.6) is 0 Å². The predicted molar refractivity (Wildman–Crippen MR) is 84.9 cm³/mol. The fraction of sp³-hybridized carbons (Fsp3) is 0. The number of aromatic nitrogens is 3. The monoisotopic (exact) mass is 287 g/mol. The Bertz CT molecular complexity index is 1210. The van der Waals surface area contributed by atoms with Gasteiger partial charge in [-0.05, 0) is 24.3 Å². The second kappa shape index (κ2) is 3.71. The summed E-state index contributed by atoms with van der Waals surface area (Å²) in [5.41, 5.74) is 1.79. The number of rotatable bonds is 0. The Morgan fingerprint density at radius 2 is 1.36 bits per heavy atom. The third-order valence-electron chi connectivity index (χ3n) is 4.16. The highest BCUT2D eigenvalue weighted by Crippen LogP contribution is 2.19. The topological polar surface area (TPSA) is 55.9 Å². The van der Waals surface area contributed by atoms with Crippen molar-refractivity contribution >= 4 is 32.8 Å². The van der Waals surface area contributed by atoms with E-state index in [1.165, 1.54) is 8.80 Å². The van der Waals surface area contributed by atoms with Crippen molar-refractivity contribution in [3.05, 3.63) is 75.6 Å². The van der Waals surface area contributed by atoms with E-state index in [4.69, 9.17) is 0 Å². The Morgan fingerprint density at radius 3 is 2.14 bits per heavy atom. The van der Waals surface area contributed by atoms with Gasteiger partial charge in [-0.2, -0.15) is 0 Å². The SMILES string of the molecule is O=c1c2cc3ccncc3n2c(=O)c2cc3ccccc3n12. The number of para-hydroxylation sites is 1. The van der Waals surface area contributed by atoms with E-state index in [1.54, 1.807) is 30.6 Å². The first-order valence-corrected chi connectivity index (χ1v) is 6.91. The molecule has 0 unspecified atom stereocenters. The summed E-state index contributed by atoms with van der Waals surface area (Å²) >= 11 is 0. The molecule has 0 spiro atoms. The first kappa shape index (κ1) is 11.4. The van der Waals surface area contributed by atoms with Gasteiger partial charge in [0.05, 0.1) is 17.2 Å². The van der Waals surface area contributed by atoms with Crippen molar-refractivity contribution in [2.75, 3.05) is 0 Å². The van der Waals surface area contributed by atoms with Crippen LogP contribution in [-0.4, -0.2) is 13.8 Å². The minimum atomic E-state index is -0.200. The number of benzene rings is 1. The molecule has 5 nitrogen and oxygen atoms in total. The van der Waals surface area contributed by atoms with Crippen molar-refractivity contribution in [3.63, 3.8) is 0 Å². The van der Waals surface area contributed by atoms with Gasteiger partial charge in [0, 0.05) is 17.0 Å². The van der Waals surface area contributed by atoms with Crippen LogP contribution in [0, 0.1) is 0 Å². The van der Waals surface area contributed by atoms with Crippen molar-refractivity contribution in [2.45, 2.75) is 0 Å². The van der Waals surface area contributed by atoms with Crippen LogP contribution in [0.2, 0.25) is 0 Å². The highest BCUT2D eigenvalue weighted by atomic mass is 16.1. The zero-order valence-corrected chi connectivity index (χ0v) is 11.4. The maximum atomic E-state index is 12.9. The summed E-state index contributed by atoms with van der Waals surface area (Å²) < 4.78 is 2.96. The molecule has 0 fully saturated rings. The van der Waals surface area contributed by atoms with E-state index >= 15 is 0 Å². The second-order valence-electron chi connectivity index (χ2n) is 5.33. The minimum Gasteiger partial charge on any atom is -0.269 e. The number of hydrogen-bond donors (Lipinski definition) is 0. The molecular weight excluding hydrogens is 278 g/mol. The lowest BCUT2D eigenvalue weighted by molar-refractivity contribution is 1.07. The summed E-state index contributed by atoms with van der Waals surface area (Å²) in [5.74, 6) is 0. The molecule has 0 N–H and O–H groups in total. The molecule has 4 aromatic heterocycles. The molecule has 0 saturated carbocycles. The molecule has 0 atom stereocenters. The Morgan fingerprint density at radius 1 is 0.727 bits per heavy atom. The van der Waals surface area contributed by atoms with Crippen LogP contribution in [-0.2, 0) is 0 Å². The van der Waals surface area contributed by atoms with Gasteiger partial charge in [-0.1, -0.05) is 18.2 Å². The third-order valence-corrected chi connectivity index (χ3v) is 4.16. The number of nitrogens with zero attached hydrogens (tertiary/aromatic N) is 3. The van der Waals surface area contributed by atoms with Gasteiger partial charge in [0.15, 0.2) is 0 Å². The van der Waals surface area contributed by atoms with Gasteiger partial charge < -0.3 is 0 Å². The van der Waals surface area contributed by atoms with Gasteiger partial charge >= 0.3 is 0 Å². The predicted octanol–water partition coefficient (Wildman–Crippen LogP) is 2.05. The Labute approximate surface area is 123 Å². The van der Waals surface area contributed by atoms with E-state index in [0.29, 0.717) is 16.6 Å². The molecule has 22 heavy (non-hydrogen) atoms. The van der Waals surface area contributed by atoms with Crippen LogP contribution in [0.1, 0.15) is 0 Å². The fourth-order valence-electron chi connectivity index (χ4n) is 3.18. The largest absolute Gasteiger partial charge is 0.280 e. The van der Waals surface area contributed by atoms with E-state index in [9.17, 15) is 9.59 Å². The third kappa shape index (κ3) is 1.21. The molecule has 1 aromatic carbocycles. The molecule has 0 saturated heterocycles. The molecular formula is C17H9N3O2. The van der Waals surface area contributed by atoms with Gasteiger partial charge in [0.2, 0.25) is 0 Å². The highest BCUT2D eigenvalue weighted by molar-refractivity contribution is 5.90. The highest BCUT2D eigenvalue weighted by Gasteiger charge is 2.16. The smallest absolute Gasteiger partial charge is 0.269 e. The molecule has 4 heterocycles. The molecule has 5 heteroatoms. The van der Waals surface area contributed by atoms with Gasteiger partial charge in [-0.15, -0.1) is 0 Å². The van der Waals surface area contributed by atoms with Crippen molar-refractivity contribution < 1.29 is 0 Å². The summed E-state index contributed by atoms with van der Waals surface area (Å²) in [6.45, 7) is 0. The lowest BCUT2D eigenvalue weighted by Crippen LogP contribution is -2.25.